The summed E-state index contributed by atoms with van der Waals surface area (Å²) < 4.78 is 18.0. The lowest BCUT2D eigenvalue weighted by molar-refractivity contribution is -0.127. The van der Waals surface area contributed by atoms with E-state index in [0.29, 0.717) is 27.4 Å². The van der Waals surface area contributed by atoms with Gasteiger partial charge in [-0.05, 0) is 42.8 Å². The topological polar surface area (TPSA) is 64.8 Å². The summed E-state index contributed by atoms with van der Waals surface area (Å²) in [4.78, 5) is 19.8. The van der Waals surface area contributed by atoms with Crippen LogP contribution >= 0.6 is 22.9 Å². The largest absolute Gasteiger partial charge is 0.485 e. The van der Waals surface area contributed by atoms with Gasteiger partial charge in [-0.25, -0.2) is 4.98 Å². The lowest BCUT2D eigenvalue weighted by atomic mass is 10.2. The molecule has 6 nitrogen and oxygen atoms in total. The lowest BCUT2D eigenvalue weighted by Gasteiger charge is -2.29. The number of rotatable bonds is 4. The van der Waals surface area contributed by atoms with Crippen molar-refractivity contribution >= 4 is 44.2 Å². The summed E-state index contributed by atoms with van der Waals surface area (Å²) in [5.41, 5.74) is 1.78. The zero-order valence-electron chi connectivity index (χ0n) is 16.0. The van der Waals surface area contributed by atoms with E-state index in [0.717, 1.165) is 15.8 Å². The molecule has 0 saturated heterocycles. The number of para-hydroxylation sites is 2. The summed E-state index contributed by atoms with van der Waals surface area (Å²) in [5.74, 6) is 1.56. The van der Waals surface area contributed by atoms with Crippen LogP contribution in [0.1, 0.15) is 11.3 Å². The molecular formula is C22H17ClN2O4S. The second-order valence-corrected chi connectivity index (χ2v) is 8.29. The van der Waals surface area contributed by atoms with Crippen molar-refractivity contribution in [2.45, 2.75) is 19.6 Å². The molecule has 4 aromatic rings. The van der Waals surface area contributed by atoms with E-state index in [1.54, 1.807) is 23.3 Å². The van der Waals surface area contributed by atoms with Crippen LogP contribution in [0.3, 0.4) is 0 Å². The number of anilines is 1. The standard InChI is InChI=1S/C22H17ClN2O4S/c1-13-8-9-15(23)20-19(13)24-22(30-20)25(11-14-5-4-10-27-14)21(26)18-12-28-16-6-2-3-7-17(16)29-18/h2-10,18H,11-12H2,1H3. The number of benzene rings is 2. The highest BCUT2D eigenvalue weighted by Gasteiger charge is 2.34. The van der Waals surface area contributed by atoms with Gasteiger partial charge in [0.25, 0.3) is 5.91 Å². The van der Waals surface area contributed by atoms with Crippen LogP contribution in [0.4, 0.5) is 5.13 Å². The molecule has 1 unspecified atom stereocenters. The highest BCUT2D eigenvalue weighted by atomic mass is 35.5. The number of hydrogen-bond donors (Lipinski definition) is 0. The van der Waals surface area contributed by atoms with Gasteiger partial charge < -0.3 is 13.9 Å². The number of aryl methyl sites for hydroxylation is 1. The Morgan fingerprint density at radius 1 is 1.20 bits per heavy atom. The van der Waals surface area contributed by atoms with Crippen molar-refractivity contribution in [3.05, 3.63) is 71.1 Å². The third-order valence-corrected chi connectivity index (χ3v) is 6.40. The van der Waals surface area contributed by atoms with Gasteiger partial charge in [-0.3, -0.25) is 9.69 Å². The summed E-state index contributed by atoms with van der Waals surface area (Å²) in [6, 6.07) is 14.7. The number of aromatic nitrogens is 1. The number of nitrogens with zero attached hydrogens (tertiary/aromatic N) is 2. The maximum absolute atomic E-state index is 13.5. The highest BCUT2D eigenvalue weighted by Crippen LogP contribution is 2.37. The minimum absolute atomic E-state index is 0.120. The maximum atomic E-state index is 13.5. The summed E-state index contributed by atoms with van der Waals surface area (Å²) >= 11 is 7.75. The van der Waals surface area contributed by atoms with E-state index in [9.17, 15) is 4.79 Å². The van der Waals surface area contributed by atoms with Crippen molar-refractivity contribution < 1.29 is 18.7 Å². The summed E-state index contributed by atoms with van der Waals surface area (Å²) in [6.07, 6.45) is 0.784. The predicted molar refractivity (Wildman–Crippen MR) is 116 cm³/mol. The minimum Gasteiger partial charge on any atom is -0.485 e. The Morgan fingerprint density at radius 3 is 2.80 bits per heavy atom. The van der Waals surface area contributed by atoms with Crippen molar-refractivity contribution in [1.29, 1.82) is 0 Å². The van der Waals surface area contributed by atoms with E-state index >= 15 is 0 Å². The van der Waals surface area contributed by atoms with Gasteiger partial charge in [-0.15, -0.1) is 0 Å². The number of hydrogen-bond acceptors (Lipinski definition) is 6. The van der Waals surface area contributed by atoms with E-state index in [-0.39, 0.29) is 19.1 Å². The molecule has 1 aliphatic rings. The van der Waals surface area contributed by atoms with E-state index < -0.39 is 6.10 Å². The van der Waals surface area contributed by atoms with E-state index in [2.05, 4.69) is 0 Å². The lowest BCUT2D eigenvalue weighted by Crippen LogP contribution is -2.46. The van der Waals surface area contributed by atoms with Crippen molar-refractivity contribution in [2.75, 3.05) is 11.5 Å². The maximum Gasteiger partial charge on any atom is 0.273 e. The predicted octanol–water partition coefficient (Wildman–Crippen LogP) is 5.22. The quantitative estimate of drug-likeness (QED) is 0.435. The smallest absolute Gasteiger partial charge is 0.273 e. The molecule has 30 heavy (non-hydrogen) atoms. The number of carbonyl (C=O) groups excluding carboxylic acids is 1. The molecule has 5 rings (SSSR count). The van der Waals surface area contributed by atoms with Gasteiger partial charge in [0.15, 0.2) is 16.6 Å². The molecule has 0 N–H and O–H groups in total. The number of amides is 1. The first kappa shape index (κ1) is 19.0. The molecule has 3 heterocycles. The van der Waals surface area contributed by atoms with Crippen LogP contribution in [0.25, 0.3) is 10.2 Å². The molecule has 1 amide bonds. The zero-order valence-corrected chi connectivity index (χ0v) is 17.6. The summed E-state index contributed by atoms with van der Waals surface area (Å²) in [6.45, 7) is 2.31. The molecular weight excluding hydrogens is 424 g/mol. The van der Waals surface area contributed by atoms with E-state index in [1.165, 1.54) is 11.3 Å². The Morgan fingerprint density at radius 2 is 2.03 bits per heavy atom. The molecule has 0 saturated carbocycles. The Balaban J connectivity index is 1.52. The summed E-state index contributed by atoms with van der Waals surface area (Å²) in [5, 5.41) is 1.14. The molecule has 1 aliphatic heterocycles. The Bertz CT molecular complexity index is 1180. The average molecular weight is 441 g/mol. The van der Waals surface area contributed by atoms with E-state index in [1.807, 2.05) is 43.3 Å². The van der Waals surface area contributed by atoms with Gasteiger partial charge in [0, 0.05) is 0 Å². The van der Waals surface area contributed by atoms with Crippen LogP contribution < -0.4 is 14.4 Å². The Kier molecular flexibility index (Phi) is 4.84. The first-order chi connectivity index (χ1) is 14.6. The van der Waals surface area contributed by atoms with Gasteiger partial charge in [-0.1, -0.05) is 41.1 Å². The number of carbonyl (C=O) groups is 1. The van der Waals surface area contributed by atoms with Gasteiger partial charge in [0.1, 0.15) is 12.4 Å². The number of ether oxygens (including phenoxy) is 2. The van der Waals surface area contributed by atoms with Gasteiger partial charge in [0.2, 0.25) is 6.10 Å². The zero-order chi connectivity index (χ0) is 20.7. The van der Waals surface area contributed by atoms with Crippen LogP contribution in [0, 0.1) is 6.92 Å². The molecule has 0 aliphatic carbocycles. The second kappa shape index (κ2) is 7.66. The van der Waals surface area contributed by atoms with Crippen LogP contribution in [0.5, 0.6) is 11.5 Å². The SMILES string of the molecule is Cc1ccc(Cl)c2sc(N(Cc3ccco3)C(=O)C3COc4ccccc4O3)nc12. The number of thiazole rings is 1. The van der Waals surface area contributed by atoms with Crippen LogP contribution in [0.2, 0.25) is 5.02 Å². The number of halogens is 1. The minimum atomic E-state index is -0.793. The van der Waals surface area contributed by atoms with E-state index in [4.69, 9.17) is 30.5 Å². The molecule has 8 heteroatoms. The molecule has 2 aromatic carbocycles. The summed E-state index contributed by atoms with van der Waals surface area (Å²) in [7, 11) is 0. The van der Waals surface area contributed by atoms with Crippen LogP contribution in [-0.2, 0) is 11.3 Å². The number of furan rings is 1. The molecule has 0 radical (unpaired) electrons. The van der Waals surface area contributed by atoms with Crippen molar-refractivity contribution in [3.63, 3.8) is 0 Å². The fourth-order valence-electron chi connectivity index (χ4n) is 3.32. The number of fused-ring (bicyclic) bond motifs is 2. The first-order valence-corrected chi connectivity index (χ1v) is 10.6. The van der Waals surface area contributed by atoms with Crippen molar-refractivity contribution in [2.24, 2.45) is 0 Å². The fraction of sp³-hybridized carbons (Fsp3) is 0.182. The van der Waals surface area contributed by atoms with Gasteiger partial charge in [0.05, 0.1) is 28.0 Å². The monoisotopic (exact) mass is 440 g/mol. The second-order valence-electron chi connectivity index (χ2n) is 6.91. The normalized spacial score (nSPS) is 15.3. The molecule has 0 spiro atoms. The van der Waals surface area contributed by atoms with Crippen LogP contribution in [-0.4, -0.2) is 23.6 Å². The molecule has 2 aromatic heterocycles. The van der Waals surface area contributed by atoms with Crippen LogP contribution in [0.15, 0.2) is 59.2 Å². The van der Waals surface area contributed by atoms with Gasteiger partial charge in [-0.2, -0.15) is 0 Å². The first-order valence-electron chi connectivity index (χ1n) is 9.38. The Hall–Kier alpha value is -3.03. The highest BCUT2D eigenvalue weighted by molar-refractivity contribution is 7.23. The van der Waals surface area contributed by atoms with Crippen molar-refractivity contribution in [1.82, 2.24) is 4.98 Å². The third kappa shape index (κ3) is 3.40. The fourth-order valence-corrected chi connectivity index (χ4v) is 4.64. The van der Waals surface area contributed by atoms with Crippen molar-refractivity contribution in [3.8, 4) is 11.5 Å². The average Bonchev–Trinajstić information content (AvgIpc) is 3.44. The van der Waals surface area contributed by atoms with Gasteiger partial charge >= 0.3 is 0 Å². The molecule has 0 bridgehead atoms. The molecule has 0 fully saturated rings. The third-order valence-electron chi connectivity index (χ3n) is 4.86. The Labute approximate surface area is 181 Å². The molecule has 152 valence electrons. The molecule has 1 atom stereocenters.